The minimum atomic E-state index is -1.23. The molecule has 0 aliphatic carbocycles. The standard InChI is InChI=1S/C15H21N3O6/c1-8(19)13(16)14(22)17-7-12(21)18-11(15(23)24)6-9-2-4-10(20)5-3-9/h2-5,8,11,13,19-20H,6-7,16H2,1H3,(H,17,22)(H,18,21)(H,23,24)/t8-,11+,13+/m1/s1. The summed E-state index contributed by atoms with van der Waals surface area (Å²) in [7, 11) is 0. The zero-order chi connectivity index (χ0) is 18.3. The van der Waals surface area contributed by atoms with Crippen molar-refractivity contribution in [2.24, 2.45) is 5.73 Å². The van der Waals surface area contributed by atoms with Gasteiger partial charge in [0.2, 0.25) is 11.8 Å². The van der Waals surface area contributed by atoms with E-state index in [0.29, 0.717) is 5.56 Å². The molecule has 1 rings (SSSR count). The van der Waals surface area contributed by atoms with Crippen molar-refractivity contribution in [2.75, 3.05) is 6.54 Å². The van der Waals surface area contributed by atoms with Gasteiger partial charge in [-0.2, -0.15) is 0 Å². The number of benzene rings is 1. The van der Waals surface area contributed by atoms with Crippen LogP contribution in [-0.4, -0.2) is 57.8 Å². The molecule has 0 spiro atoms. The number of nitrogens with one attached hydrogen (secondary N) is 2. The monoisotopic (exact) mass is 339 g/mol. The molecule has 1 aromatic rings. The molecule has 0 saturated heterocycles. The lowest BCUT2D eigenvalue weighted by Crippen LogP contribution is -2.51. The van der Waals surface area contributed by atoms with Crippen LogP contribution in [0.4, 0.5) is 0 Å². The van der Waals surface area contributed by atoms with Crippen molar-refractivity contribution in [1.29, 1.82) is 0 Å². The van der Waals surface area contributed by atoms with E-state index in [0.717, 1.165) is 0 Å². The zero-order valence-corrected chi connectivity index (χ0v) is 13.1. The molecule has 9 heteroatoms. The molecule has 0 heterocycles. The number of nitrogens with two attached hydrogens (primary N) is 1. The summed E-state index contributed by atoms with van der Waals surface area (Å²) in [5.41, 5.74) is 6.01. The Morgan fingerprint density at radius 1 is 1.21 bits per heavy atom. The van der Waals surface area contributed by atoms with Crippen molar-refractivity contribution < 1.29 is 29.7 Å². The number of aliphatic carboxylic acids is 1. The Morgan fingerprint density at radius 2 is 1.79 bits per heavy atom. The molecule has 2 amide bonds. The van der Waals surface area contributed by atoms with Crippen LogP contribution in [0.1, 0.15) is 12.5 Å². The summed E-state index contributed by atoms with van der Waals surface area (Å²) in [4.78, 5) is 34.5. The van der Waals surface area contributed by atoms with Crippen LogP contribution in [0.25, 0.3) is 0 Å². The number of aliphatic hydroxyl groups excluding tert-OH is 1. The van der Waals surface area contributed by atoms with E-state index in [9.17, 15) is 29.7 Å². The maximum Gasteiger partial charge on any atom is 0.326 e. The molecule has 0 saturated carbocycles. The maximum atomic E-state index is 11.8. The average Bonchev–Trinajstić information content (AvgIpc) is 2.52. The van der Waals surface area contributed by atoms with Crippen molar-refractivity contribution in [3.8, 4) is 5.75 Å². The molecule has 0 unspecified atom stereocenters. The van der Waals surface area contributed by atoms with E-state index in [1.165, 1.54) is 19.1 Å². The zero-order valence-electron chi connectivity index (χ0n) is 13.1. The van der Waals surface area contributed by atoms with Crippen LogP contribution in [0.15, 0.2) is 24.3 Å². The van der Waals surface area contributed by atoms with Gasteiger partial charge < -0.3 is 31.7 Å². The Kier molecular flexibility index (Phi) is 7.15. The summed E-state index contributed by atoms with van der Waals surface area (Å²) in [5, 5.41) is 32.0. The lowest BCUT2D eigenvalue weighted by atomic mass is 10.1. The number of carbonyl (C=O) groups is 3. The largest absolute Gasteiger partial charge is 0.508 e. The number of phenolic OH excluding ortho intramolecular Hbond substituents is 1. The Hall–Kier alpha value is -2.65. The highest BCUT2D eigenvalue weighted by molar-refractivity contribution is 5.89. The minimum Gasteiger partial charge on any atom is -0.508 e. The first-order valence-corrected chi connectivity index (χ1v) is 7.22. The molecule has 1 aromatic carbocycles. The third-order valence-corrected chi connectivity index (χ3v) is 3.26. The Morgan fingerprint density at radius 3 is 2.29 bits per heavy atom. The molecule has 3 atom stereocenters. The predicted molar refractivity (Wildman–Crippen MR) is 84.0 cm³/mol. The highest BCUT2D eigenvalue weighted by Gasteiger charge is 2.22. The second-order valence-corrected chi connectivity index (χ2v) is 5.31. The molecule has 132 valence electrons. The highest BCUT2D eigenvalue weighted by Crippen LogP contribution is 2.11. The van der Waals surface area contributed by atoms with Crippen molar-refractivity contribution >= 4 is 17.8 Å². The molecule has 24 heavy (non-hydrogen) atoms. The first-order valence-electron chi connectivity index (χ1n) is 7.22. The number of phenols is 1. The lowest BCUT2D eigenvalue weighted by Gasteiger charge is -2.17. The van der Waals surface area contributed by atoms with Gasteiger partial charge in [-0.3, -0.25) is 9.59 Å². The van der Waals surface area contributed by atoms with E-state index in [1.54, 1.807) is 12.1 Å². The number of carboxylic acid groups (broad SMARTS) is 1. The third kappa shape index (κ3) is 6.23. The van der Waals surface area contributed by atoms with Crippen LogP contribution in [0.3, 0.4) is 0 Å². The Labute approximate surface area is 138 Å². The van der Waals surface area contributed by atoms with Crippen molar-refractivity contribution in [1.82, 2.24) is 10.6 Å². The number of rotatable bonds is 8. The van der Waals surface area contributed by atoms with Gasteiger partial charge >= 0.3 is 5.97 Å². The molecule has 9 nitrogen and oxygen atoms in total. The van der Waals surface area contributed by atoms with E-state index < -0.39 is 42.5 Å². The molecule has 0 radical (unpaired) electrons. The van der Waals surface area contributed by atoms with Crippen molar-refractivity contribution in [3.63, 3.8) is 0 Å². The summed E-state index contributed by atoms with van der Waals surface area (Å²) in [6, 6.07) is 3.54. The molecule has 0 bridgehead atoms. The highest BCUT2D eigenvalue weighted by atomic mass is 16.4. The second-order valence-electron chi connectivity index (χ2n) is 5.31. The van der Waals surface area contributed by atoms with Gasteiger partial charge in [0.25, 0.3) is 0 Å². The molecular weight excluding hydrogens is 318 g/mol. The van der Waals surface area contributed by atoms with Gasteiger partial charge in [-0.15, -0.1) is 0 Å². The summed E-state index contributed by atoms with van der Waals surface area (Å²) in [6.07, 6.45) is -1.06. The predicted octanol–water partition coefficient (Wildman–Crippen LogP) is -1.67. The first-order chi connectivity index (χ1) is 11.2. The van der Waals surface area contributed by atoms with Crippen molar-refractivity contribution in [3.05, 3.63) is 29.8 Å². The van der Waals surface area contributed by atoms with E-state index >= 15 is 0 Å². The normalized spacial score (nSPS) is 14.3. The quantitative estimate of drug-likeness (QED) is 0.330. The number of carboxylic acids is 1. The first kappa shape index (κ1) is 19.4. The lowest BCUT2D eigenvalue weighted by molar-refractivity contribution is -0.141. The molecule has 0 fully saturated rings. The number of aromatic hydroxyl groups is 1. The summed E-state index contributed by atoms with van der Waals surface area (Å²) >= 11 is 0. The van der Waals surface area contributed by atoms with Gasteiger partial charge in [0, 0.05) is 6.42 Å². The van der Waals surface area contributed by atoms with Crippen LogP contribution in [0, 0.1) is 0 Å². The number of carbonyl (C=O) groups excluding carboxylic acids is 2. The second kappa shape index (κ2) is 8.85. The Balaban J connectivity index is 2.55. The van der Waals surface area contributed by atoms with Gasteiger partial charge in [0.15, 0.2) is 0 Å². The summed E-state index contributed by atoms with van der Waals surface area (Å²) < 4.78 is 0. The molecular formula is C15H21N3O6. The Bertz CT molecular complexity index is 587. The molecule has 0 aliphatic rings. The maximum absolute atomic E-state index is 11.8. The van der Waals surface area contributed by atoms with Crippen LogP contribution >= 0.6 is 0 Å². The van der Waals surface area contributed by atoms with Crippen LogP contribution < -0.4 is 16.4 Å². The van der Waals surface area contributed by atoms with Crippen molar-refractivity contribution in [2.45, 2.75) is 31.5 Å². The average molecular weight is 339 g/mol. The summed E-state index contributed by atoms with van der Waals surface area (Å²) in [5.74, 6) is -2.60. The fraction of sp³-hybridized carbons (Fsp3) is 0.400. The topological polar surface area (TPSA) is 162 Å². The van der Waals surface area contributed by atoms with Crippen LogP contribution in [-0.2, 0) is 20.8 Å². The van der Waals surface area contributed by atoms with Crippen LogP contribution in [0.2, 0.25) is 0 Å². The number of amides is 2. The third-order valence-electron chi connectivity index (χ3n) is 3.26. The number of hydrogen-bond donors (Lipinski definition) is 6. The van der Waals surface area contributed by atoms with Gasteiger partial charge in [-0.25, -0.2) is 4.79 Å². The smallest absolute Gasteiger partial charge is 0.326 e. The van der Waals surface area contributed by atoms with Gasteiger partial charge in [-0.05, 0) is 24.6 Å². The van der Waals surface area contributed by atoms with E-state index in [1.807, 2.05) is 0 Å². The SMILES string of the molecule is C[C@@H](O)[C@H](N)C(=O)NCC(=O)N[C@@H](Cc1ccc(O)cc1)C(=O)O. The van der Waals surface area contributed by atoms with Gasteiger partial charge in [0.05, 0.1) is 12.6 Å². The number of hydrogen-bond acceptors (Lipinski definition) is 6. The van der Waals surface area contributed by atoms with E-state index in [-0.39, 0.29) is 12.2 Å². The molecule has 0 aliphatic heterocycles. The minimum absolute atomic E-state index is 0.0164. The van der Waals surface area contributed by atoms with E-state index in [2.05, 4.69) is 10.6 Å². The fourth-order valence-electron chi connectivity index (χ4n) is 1.82. The van der Waals surface area contributed by atoms with Gasteiger partial charge in [-0.1, -0.05) is 12.1 Å². The number of aliphatic hydroxyl groups is 1. The van der Waals surface area contributed by atoms with Gasteiger partial charge in [0.1, 0.15) is 17.8 Å². The molecule has 0 aromatic heterocycles. The molecule has 7 N–H and O–H groups in total. The summed E-state index contributed by atoms with van der Waals surface area (Å²) in [6.45, 7) is 0.876. The van der Waals surface area contributed by atoms with Crippen LogP contribution in [0.5, 0.6) is 5.75 Å². The fourth-order valence-corrected chi connectivity index (χ4v) is 1.82. The van der Waals surface area contributed by atoms with E-state index in [4.69, 9.17) is 5.73 Å².